The Bertz CT molecular complexity index is 557. The van der Waals surface area contributed by atoms with E-state index in [-0.39, 0.29) is 16.5 Å². The van der Waals surface area contributed by atoms with Gasteiger partial charge < -0.3 is 10.3 Å². The number of carbonyl (C=O) groups is 1. The molecule has 1 amide bonds. The summed E-state index contributed by atoms with van der Waals surface area (Å²) < 4.78 is 13.2. The monoisotopic (exact) mass is 281 g/mol. The quantitative estimate of drug-likeness (QED) is 0.828. The number of amides is 1. The molecule has 1 aromatic heterocycles. The average Bonchev–Trinajstić information content (AvgIpc) is 2.91. The first kappa shape index (κ1) is 13.5. The van der Waals surface area contributed by atoms with Gasteiger partial charge in [-0.3, -0.25) is 4.79 Å². The molecule has 2 rings (SSSR count). The van der Waals surface area contributed by atoms with Crippen molar-refractivity contribution in [3.63, 3.8) is 0 Å². The predicted molar refractivity (Wildman–Crippen MR) is 70.7 cm³/mol. The number of hydrogen-bond donors (Lipinski definition) is 2. The number of hydrogen-bond acceptors (Lipinski definition) is 2. The molecule has 6 heteroatoms. The van der Waals surface area contributed by atoms with E-state index >= 15 is 0 Å². The number of rotatable bonds is 5. The van der Waals surface area contributed by atoms with Crippen LogP contribution in [-0.4, -0.2) is 22.4 Å². The number of H-pyrrole nitrogens is 1. The molecule has 2 aromatic rings. The minimum absolute atomic E-state index is 0.00868. The van der Waals surface area contributed by atoms with Gasteiger partial charge in [0.1, 0.15) is 11.6 Å². The third kappa shape index (κ3) is 3.79. The highest BCUT2D eigenvalue weighted by Gasteiger charge is 2.08. The Labute approximate surface area is 115 Å². The van der Waals surface area contributed by atoms with Crippen molar-refractivity contribution in [2.75, 3.05) is 6.54 Å². The standard InChI is InChI=1S/C13H13ClFN3O/c14-10-4-3-9(8-11(10)15)13(19)18-5-1-2-12-16-6-7-17-12/h3-4,6-8H,1-2,5H2,(H,16,17)(H,18,19). The van der Waals surface area contributed by atoms with Crippen LogP contribution in [0.25, 0.3) is 0 Å². The number of carbonyl (C=O) groups excluding carboxylic acids is 1. The van der Waals surface area contributed by atoms with Crippen LogP contribution in [0.15, 0.2) is 30.6 Å². The molecule has 0 bridgehead atoms. The van der Waals surface area contributed by atoms with Gasteiger partial charge in [-0.05, 0) is 24.6 Å². The van der Waals surface area contributed by atoms with Crippen molar-refractivity contribution in [1.29, 1.82) is 0 Å². The molecular formula is C13H13ClFN3O. The molecule has 0 saturated carbocycles. The first-order valence-corrected chi connectivity index (χ1v) is 6.26. The molecule has 0 aliphatic rings. The summed E-state index contributed by atoms with van der Waals surface area (Å²) in [4.78, 5) is 18.8. The lowest BCUT2D eigenvalue weighted by molar-refractivity contribution is 0.0952. The zero-order chi connectivity index (χ0) is 13.7. The van der Waals surface area contributed by atoms with Crippen LogP contribution in [-0.2, 0) is 6.42 Å². The van der Waals surface area contributed by atoms with Gasteiger partial charge in [-0.2, -0.15) is 0 Å². The molecule has 4 nitrogen and oxygen atoms in total. The topological polar surface area (TPSA) is 57.8 Å². The van der Waals surface area contributed by atoms with Gasteiger partial charge in [0, 0.05) is 30.9 Å². The molecule has 1 heterocycles. The first-order chi connectivity index (χ1) is 9.16. The Morgan fingerprint density at radius 2 is 2.32 bits per heavy atom. The minimum Gasteiger partial charge on any atom is -0.352 e. The summed E-state index contributed by atoms with van der Waals surface area (Å²) >= 11 is 5.55. The van der Waals surface area contributed by atoms with Crippen molar-refractivity contribution in [3.8, 4) is 0 Å². The fourth-order valence-corrected chi connectivity index (χ4v) is 1.75. The third-order valence-electron chi connectivity index (χ3n) is 2.61. The summed E-state index contributed by atoms with van der Waals surface area (Å²) in [7, 11) is 0. The van der Waals surface area contributed by atoms with Crippen LogP contribution in [0.2, 0.25) is 5.02 Å². The van der Waals surface area contributed by atoms with Gasteiger partial charge in [0.05, 0.1) is 5.02 Å². The second-order valence-electron chi connectivity index (χ2n) is 4.02. The van der Waals surface area contributed by atoms with Gasteiger partial charge in [0.25, 0.3) is 5.91 Å². The van der Waals surface area contributed by atoms with Crippen LogP contribution in [0.5, 0.6) is 0 Å². The fraction of sp³-hybridized carbons (Fsp3) is 0.231. The van der Waals surface area contributed by atoms with Crippen LogP contribution < -0.4 is 5.32 Å². The normalized spacial score (nSPS) is 10.4. The van der Waals surface area contributed by atoms with E-state index in [1.54, 1.807) is 12.4 Å². The largest absolute Gasteiger partial charge is 0.352 e. The summed E-state index contributed by atoms with van der Waals surface area (Å²) in [5.74, 6) is -0.0216. The molecule has 0 atom stereocenters. The second-order valence-corrected chi connectivity index (χ2v) is 4.43. The Kier molecular flexibility index (Phi) is 4.52. The fourth-order valence-electron chi connectivity index (χ4n) is 1.63. The Morgan fingerprint density at radius 3 is 3.00 bits per heavy atom. The summed E-state index contributed by atoms with van der Waals surface area (Å²) in [5.41, 5.74) is 0.264. The highest BCUT2D eigenvalue weighted by Crippen LogP contribution is 2.15. The molecule has 0 radical (unpaired) electrons. The molecule has 1 aromatic carbocycles. The molecule has 19 heavy (non-hydrogen) atoms. The van der Waals surface area contributed by atoms with E-state index in [9.17, 15) is 9.18 Å². The van der Waals surface area contributed by atoms with Crippen molar-refractivity contribution in [2.45, 2.75) is 12.8 Å². The van der Waals surface area contributed by atoms with Crippen molar-refractivity contribution in [1.82, 2.24) is 15.3 Å². The van der Waals surface area contributed by atoms with E-state index in [0.29, 0.717) is 6.54 Å². The second kappa shape index (κ2) is 6.33. The molecule has 0 spiro atoms. The van der Waals surface area contributed by atoms with E-state index in [4.69, 9.17) is 11.6 Å². The average molecular weight is 282 g/mol. The summed E-state index contributed by atoms with van der Waals surface area (Å²) in [6.45, 7) is 0.504. The van der Waals surface area contributed by atoms with Crippen LogP contribution in [0, 0.1) is 5.82 Å². The van der Waals surface area contributed by atoms with Crippen molar-refractivity contribution >= 4 is 17.5 Å². The number of nitrogens with zero attached hydrogens (tertiary/aromatic N) is 1. The first-order valence-electron chi connectivity index (χ1n) is 5.88. The molecule has 2 N–H and O–H groups in total. The zero-order valence-electron chi connectivity index (χ0n) is 10.1. The number of halogens is 2. The van der Waals surface area contributed by atoms with Gasteiger partial charge in [0.2, 0.25) is 0 Å². The molecule has 0 saturated heterocycles. The van der Waals surface area contributed by atoms with Crippen LogP contribution >= 0.6 is 11.6 Å². The maximum absolute atomic E-state index is 13.2. The lowest BCUT2D eigenvalue weighted by Gasteiger charge is -2.05. The number of benzene rings is 1. The lowest BCUT2D eigenvalue weighted by atomic mass is 10.2. The van der Waals surface area contributed by atoms with E-state index in [1.165, 1.54) is 12.1 Å². The SMILES string of the molecule is O=C(NCCCc1ncc[nH]1)c1ccc(Cl)c(F)c1. The van der Waals surface area contributed by atoms with E-state index in [1.807, 2.05) is 0 Å². The van der Waals surface area contributed by atoms with Crippen molar-refractivity contribution in [2.24, 2.45) is 0 Å². The van der Waals surface area contributed by atoms with E-state index < -0.39 is 5.82 Å². The molecule has 0 fully saturated rings. The molecular weight excluding hydrogens is 269 g/mol. The predicted octanol–water partition coefficient (Wildman–Crippen LogP) is 2.56. The molecule has 100 valence electrons. The van der Waals surface area contributed by atoms with Gasteiger partial charge >= 0.3 is 0 Å². The van der Waals surface area contributed by atoms with E-state index in [0.717, 1.165) is 24.7 Å². The maximum atomic E-state index is 13.2. The zero-order valence-corrected chi connectivity index (χ0v) is 10.9. The van der Waals surface area contributed by atoms with Crippen molar-refractivity contribution < 1.29 is 9.18 Å². The highest BCUT2D eigenvalue weighted by atomic mass is 35.5. The van der Waals surface area contributed by atoms with Gasteiger partial charge in [0.15, 0.2) is 0 Å². The van der Waals surface area contributed by atoms with Crippen LogP contribution in [0.3, 0.4) is 0 Å². The maximum Gasteiger partial charge on any atom is 0.251 e. The summed E-state index contributed by atoms with van der Waals surface area (Å²) in [6, 6.07) is 3.99. The molecule has 0 aliphatic heterocycles. The Balaban J connectivity index is 1.79. The number of aryl methyl sites for hydroxylation is 1. The third-order valence-corrected chi connectivity index (χ3v) is 2.92. The number of aromatic amines is 1. The number of imidazole rings is 1. The number of aromatic nitrogens is 2. The number of nitrogens with one attached hydrogen (secondary N) is 2. The summed E-state index contributed by atoms with van der Waals surface area (Å²) in [6.07, 6.45) is 4.95. The smallest absolute Gasteiger partial charge is 0.251 e. The van der Waals surface area contributed by atoms with Gasteiger partial charge in [-0.25, -0.2) is 9.37 Å². The Morgan fingerprint density at radius 1 is 1.47 bits per heavy atom. The summed E-state index contributed by atoms with van der Waals surface area (Å²) in [5, 5.41) is 2.73. The van der Waals surface area contributed by atoms with Gasteiger partial charge in [-0.15, -0.1) is 0 Å². The molecule has 0 aliphatic carbocycles. The lowest BCUT2D eigenvalue weighted by Crippen LogP contribution is -2.24. The van der Waals surface area contributed by atoms with Gasteiger partial charge in [-0.1, -0.05) is 11.6 Å². The highest BCUT2D eigenvalue weighted by molar-refractivity contribution is 6.30. The van der Waals surface area contributed by atoms with Crippen LogP contribution in [0.1, 0.15) is 22.6 Å². The van der Waals surface area contributed by atoms with Crippen molar-refractivity contribution in [3.05, 3.63) is 52.8 Å². The van der Waals surface area contributed by atoms with E-state index in [2.05, 4.69) is 15.3 Å². The van der Waals surface area contributed by atoms with Crippen LogP contribution in [0.4, 0.5) is 4.39 Å². The molecule has 0 unspecified atom stereocenters. The Hall–Kier alpha value is -1.88. The minimum atomic E-state index is -0.593.